The molecule has 0 spiro atoms. The molecule has 2 N–H and O–H groups in total. The van der Waals surface area contributed by atoms with Crippen LogP contribution in [0.1, 0.15) is 10.4 Å². The first kappa shape index (κ1) is 13.3. The summed E-state index contributed by atoms with van der Waals surface area (Å²) in [5, 5.41) is 29.1. The fourth-order valence-corrected chi connectivity index (χ4v) is 1.47. The normalized spacial score (nSPS) is 10.0. The minimum Gasteiger partial charge on any atom is -0.508 e. The zero-order valence-corrected chi connectivity index (χ0v) is 10.0. The lowest BCUT2D eigenvalue weighted by molar-refractivity contribution is -0.384. The molecule has 0 saturated heterocycles. The van der Waals surface area contributed by atoms with Crippen molar-refractivity contribution in [1.29, 1.82) is 0 Å². The van der Waals surface area contributed by atoms with E-state index in [2.05, 4.69) is 0 Å². The number of nitro benzene ring substituents is 1. The number of non-ortho nitro benzene ring substituents is 1. The summed E-state index contributed by atoms with van der Waals surface area (Å²) in [6, 6.07) is 8.35. The van der Waals surface area contributed by atoms with Crippen LogP contribution >= 0.6 is 0 Å². The van der Waals surface area contributed by atoms with Crippen molar-refractivity contribution < 1.29 is 24.7 Å². The van der Waals surface area contributed by atoms with E-state index in [4.69, 9.17) is 9.84 Å². The maximum absolute atomic E-state index is 11.8. The number of hydrogen-bond donors (Lipinski definition) is 2. The van der Waals surface area contributed by atoms with Crippen molar-refractivity contribution in [3.63, 3.8) is 0 Å². The molecule has 0 aliphatic carbocycles. The molecule has 0 aromatic heterocycles. The summed E-state index contributed by atoms with van der Waals surface area (Å²) >= 11 is 0. The average molecular weight is 275 g/mol. The second kappa shape index (κ2) is 5.27. The van der Waals surface area contributed by atoms with Gasteiger partial charge in [0.2, 0.25) is 0 Å². The molecule has 20 heavy (non-hydrogen) atoms. The van der Waals surface area contributed by atoms with Gasteiger partial charge in [0.25, 0.3) is 5.69 Å². The van der Waals surface area contributed by atoms with E-state index in [9.17, 15) is 20.0 Å². The molecule has 7 nitrogen and oxygen atoms in total. The molecular formula is C13H9NO6. The van der Waals surface area contributed by atoms with Crippen molar-refractivity contribution in [3.8, 4) is 17.2 Å². The summed E-state index contributed by atoms with van der Waals surface area (Å²) in [5.74, 6) is -1.45. The van der Waals surface area contributed by atoms with Crippen LogP contribution in [0.25, 0.3) is 0 Å². The number of rotatable bonds is 3. The molecule has 0 heterocycles. The van der Waals surface area contributed by atoms with E-state index in [1.807, 2.05) is 0 Å². The zero-order valence-electron chi connectivity index (χ0n) is 10.0. The van der Waals surface area contributed by atoms with Crippen LogP contribution in [0.15, 0.2) is 42.5 Å². The van der Waals surface area contributed by atoms with E-state index in [0.717, 1.165) is 6.07 Å². The summed E-state index contributed by atoms with van der Waals surface area (Å²) in [6.45, 7) is 0. The summed E-state index contributed by atoms with van der Waals surface area (Å²) in [5.41, 5.74) is -0.0443. The molecule has 2 rings (SSSR count). The van der Waals surface area contributed by atoms with Gasteiger partial charge in [-0.3, -0.25) is 10.1 Å². The second-order valence-corrected chi connectivity index (χ2v) is 3.85. The topological polar surface area (TPSA) is 110 Å². The molecule has 0 radical (unpaired) electrons. The summed E-state index contributed by atoms with van der Waals surface area (Å²) < 4.78 is 4.92. The molecule has 0 fully saturated rings. The molecule has 0 aliphatic heterocycles. The van der Waals surface area contributed by atoms with Crippen LogP contribution in [0.4, 0.5) is 5.69 Å². The number of carbonyl (C=O) groups excluding carboxylic acids is 1. The quantitative estimate of drug-likeness (QED) is 0.384. The number of benzene rings is 2. The first-order chi connectivity index (χ1) is 9.47. The first-order valence-corrected chi connectivity index (χ1v) is 5.46. The van der Waals surface area contributed by atoms with E-state index in [0.29, 0.717) is 0 Å². The van der Waals surface area contributed by atoms with Crippen molar-refractivity contribution in [2.24, 2.45) is 0 Å². The summed E-state index contributed by atoms with van der Waals surface area (Å²) in [7, 11) is 0. The predicted octanol–water partition coefficient (Wildman–Crippen LogP) is 2.23. The Hall–Kier alpha value is -3.09. The zero-order chi connectivity index (χ0) is 14.7. The molecule has 0 aliphatic rings. The predicted molar refractivity (Wildman–Crippen MR) is 67.8 cm³/mol. The van der Waals surface area contributed by atoms with Crippen molar-refractivity contribution in [3.05, 3.63) is 58.1 Å². The fourth-order valence-electron chi connectivity index (χ4n) is 1.47. The van der Waals surface area contributed by atoms with Gasteiger partial charge >= 0.3 is 5.97 Å². The van der Waals surface area contributed by atoms with Crippen LogP contribution in [0.2, 0.25) is 0 Å². The Morgan fingerprint density at radius 1 is 1.10 bits per heavy atom. The molecule has 2 aromatic carbocycles. The van der Waals surface area contributed by atoms with Crippen molar-refractivity contribution in [2.45, 2.75) is 0 Å². The van der Waals surface area contributed by atoms with E-state index >= 15 is 0 Å². The molecule has 0 unspecified atom stereocenters. The number of phenolic OH excluding ortho intramolecular Hbond substituents is 2. The maximum atomic E-state index is 11.8. The Morgan fingerprint density at radius 3 is 2.30 bits per heavy atom. The molecule has 0 bridgehead atoms. The van der Waals surface area contributed by atoms with Gasteiger partial charge in [-0.2, -0.15) is 0 Å². The molecule has 7 heteroatoms. The van der Waals surface area contributed by atoms with Gasteiger partial charge in [-0.1, -0.05) is 0 Å². The monoisotopic (exact) mass is 275 g/mol. The smallest absolute Gasteiger partial charge is 0.343 e. The number of ether oxygens (including phenoxy) is 1. The van der Waals surface area contributed by atoms with Crippen molar-refractivity contribution >= 4 is 11.7 Å². The lowest BCUT2D eigenvalue weighted by Gasteiger charge is -2.06. The van der Waals surface area contributed by atoms with Crippen LogP contribution in [-0.2, 0) is 0 Å². The number of phenols is 2. The SMILES string of the molecule is O=C(Oc1ccc(O)cc1O)c1ccc([N+](=O)[O-])cc1. The Kier molecular flexibility index (Phi) is 3.52. The van der Waals surface area contributed by atoms with Gasteiger partial charge < -0.3 is 14.9 Å². The van der Waals surface area contributed by atoms with Gasteiger partial charge in [0.05, 0.1) is 10.5 Å². The highest BCUT2D eigenvalue weighted by Gasteiger charge is 2.13. The van der Waals surface area contributed by atoms with Crippen LogP contribution in [0.3, 0.4) is 0 Å². The van der Waals surface area contributed by atoms with Crippen molar-refractivity contribution in [2.75, 3.05) is 0 Å². The van der Waals surface area contributed by atoms with Crippen LogP contribution < -0.4 is 4.74 Å². The highest BCUT2D eigenvalue weighted by molar-refractivity contribution is 5.91. The lowest BCUT2D eigenvalue weighted by Crippen LogP contribution is -2.08. The third kappa shape index (κ3) is 2.83. The minimum absolute atomic E-state index is 0.100. The van der Waals surface area contributed by atoms with Crippen LogP contribution in [-0.4, -0.2) is 21.1 Å². The van der Waals surface area contributed by atoms with Gasteiger partial charge in [-0.05, 0) is 24.3 Å². The Balaban J connectivity index is 2.17. The molecule has 0 saturated carbocycles. The first-order valence-electron chi connectivity index (χ1n) is 5.46. The molecular weight excluding hydrogens is 266 g/mol. The Labute approximate surface area is 112 Å². The third-order valence-electron chi connectivity index (χ3n) is 2.46. The standard InChI is InChI=1S/C13H9NO6/c15-10-5-6-12(11(16)7-10)20-13(17)8-1-3-9(4-2-8)14(18)19/h1-7,15-16H. The number of carbonyl (C=O) groups is 1. The summed E-state index contributed by atoms with van der Waals surface area (Å²) in [4.78, 5) is 21.7. The number of nitro groups is 1. The van der Waals surface area contributed by atoms with E-state index in [-0.39, 0.29) is 28.5 Å². The van der Waals surface area contributed by atoms with E-state index in [1.165, 1.54) is 36.4 Å². The maximum Gasteiger partial charge on any atom is 0.343 e. The van der Waals surface area contributed by atoms with Crippen molar-refractivity contribution in [1.82, 2.24) is 0 Å². The Morgan fingerprint density at radius 2 is 1.75 bits per heavy atom. The molecule has 102 valence electrons. The largest absolute Gasteiger partial charge is 0.508 e. The Bertz CT molecular complexity index is 665. The second-order valence-electron chi connectivity index (χ2n) is 3.85. The highest BCUT2D eigenvalue weighted by atomic mass is 16.6. The minimum atomic E-state index is -0.777. The lowest BCUT2D eigenvalue weighted by atomic mass is 10.2. The summed E-state index contributed by atoms with van der Waals surface area (Å²) in [6.07, 6.45) is 0. The molecule has 0 amide bonds. The number of nitrogens with zero attached hydrogens (tertiary/aromatic N) is 1. The average Bonchev–Trinajstić information content (AvgIpc) is 2.42. The van der Waals surface area contributed by atoms with Gasteiger partial charge in [-0.25, -0.2) is 4.79 Å². The van der Waals surface area contributed by atoms with E-state index in [1.54, 1.807) is 0 Å². The third-order valence-corrected chi connectivity index (χ3v) is 2.46. The number of esters is 1. The van der Waals surface area contributed by atoms with Crippen LogP contribution in [0.5, 0.6) is 17.2 Å². The highest BCUT2D eigenvalue weighted by Crippen LogP contribution is 2.30. The van der Waals surface area contributed by atoms with Crippen LogP contribution in [0, 0.1) is 10.1 Å². The number of aromatic hydroxyl groups is 2. The van der Waals surface area contributed by atoms with E-state index < -0.39 is 10.9 Å². The van der Waals surface area contributed by atoms with Gasteiger partial charge in [0.1, 0.15) is 5.75 Å². The van der Waals surface area contributed by atoms with Gasteiger partial charge in [0.15, 0.2) is 11.5 Å². The molecule has 2 aromatic rings. The van der Waals surface area contributed by atoms with Gasteiger partial charge in [0, 0.05) is 18.2 Å². The number of hydrogen-bond acceptors (Lipinski definition) is 6. The fraction of sp³-hybridized carbons (Fsp3) is 0. The molecule has 0 atom stereocenters. The van der Waals surface area contributed by atoms with Gasteiger partial charge in [-0.15, -0.1) is 0 Å².